The van der Waals surface area contributed by atoms with E-state index in [1.807, 2.05) is 0 Å². The van der Waals surface area contributed by atoms with Crippen LogP contribution in [0.2, 0.25) is 10.0 Å². The van der Waals surface area contributed by atoms with Crippen molar-refractivity contribution < 1.29 is 23.5 Å². The van der Waals surface area contributed by atoms with Gasteiger partial charge in [0.1, 0.15) is 11.6 Å². The molecule has 5 nitrogen and oxygen atoms in total. The molecule has 0 aliphatic carbocycles. The van der Waals surface area contributed by atoms with E-state index in [-0.39, 0.29) is 27.0 Å². The fourth-order valence-corrected chi connectivity index (χ4v) is 2.25. The standard InChI is InChI=1S/C17H14Cl2FNO4/c1-9(16(22)21-14-5-3-4-12(18)15(14)19)25-17(23)11-7-6-10(24-2)8-13(11)20/h3-9H,1-2H3,(H,21,22)/t9-/m0/s1. The summed E-state index contributed by atoms with van der Waals surface area (Å²) in [5.74, 6) is -2.16. The second-order valence-electron chi connectivity index (χ2n) is 4.98. The van der Waals surface area contributed by atoms with Crippen molar-refractivity contribution in [1.82, 2.24) is 0 Å². The minimum atomic E-state index is -1.18. The molecule has 0 fully saturated rings. The second kappa shape index (κ2) is 8.18. The number of anilines is 1. The number of hydrogen-bond donors (Lipinski definition) is 1. The van der Waals surface area contributed by atoms with Crippen LogP contribution in [0.25, 0.3) is 0 Å². The first-order valence-electron chi connectivity index (χ1n) is 7.13. The number of nitrogens with one attached hydrogen (secondary N) is 1. The van der Waals surface area contributed by atoms with Crippen LogP contribution in [-0.2, 0) is 9.53 Å². The quantitative estimate of drug-likeness (QED) is 0.778. The molecule has 0 spiro atoms. The molecule has 1 amide bonds. The van der Waals surface area contributed by atoms with Crippen LogP contribution in [0.15, 0.2) is 36.4 Å². The summed E-state index contributed by atoms with van der Waals surface area (Å²) in [6.07, 6.45) is -1.18. The largest absolute Gasteiger partial charge is 0.497 e. The second-order valence-corrected chi connectivity index (χ2v) is 5.77. The molecule has 0 aliphatic rings. The van der Waals surface area contributed by atoms with Crippen LogP contribution in [0, 0.1) is 5.82 Å². The minimum absolute atomic E-state index is 0.164. The number of methoxy groups -OCH3 is 1. The Bertz CT molecular complexity index is 813. The Hall–Kier alpha value is -2.31. The summed E-state index contributed by atoms with van der Waals surface area (Å²) >= 11 is 11.8. The van der Waals surface area contributed by atoms with Gasteiger partial charge in [0.05, 0.1) is 28.4 Å². The molecular weight excluding hydrogens is 372 g/mol. The van der Waals surface area contributed by atoms with E-state index in [1.165, 1.54) is 26.2 Å². The molecule has 8 heteroatoms. The van der Waals surface area contributed by atoms with Gasteiger partial charge in [0.25, 0.3) is 5.91 Å². The summed E-state index contributed by atoms with van der Waals surface area (Å²) in [7, 11) is 1.38. The van der Waals surface area contributed by atoms with E-state index in [4.69, 9.17) is 32.7 Å². The topological polar surface area (TPSA) is 64.6 Å². The van der Waals surface area contributed by atoms with E-state index in [1.54, 1.807) is 18.2 Å². The molecule has 2 rings (SSSR count). The fraction of sp³-hybridized carbons (Fsp3) is 0.176. The number of halogens is 3. The Morgan fingerprint density at radius 1 is 1.20 bits per heavy atom. The first-order valence-corrected chi connectivity index (χ1v) is 7.88. The van der Waals surface area contributed by atoms with Gasteiger partial charge in [0.15, 0.2) is 6.10 Å². The third kappa shape index (κ3) is 4.61. The summed E-state index contributed by atoms with van der Waals surface area (Å²) in [5, 5.41) is 2.93. The number of benzene rings is 2. The van der Waals surface area contributed by atoms with Gasteiger partial charge in [0, 0.05) is 6.07 Å². The van der Waals surface area contributed by atoms with E-state index in [0.29, 0.717) is 0 Å². The molecular formula is C17H14Cl2FNO4. The molecule has 132 valence electrons. The molecule has 0 saturated heterocycles. The van der Waals surface area contributed by atoms with Crippen molar-refractivity contribution in [3.8, 4) is 5.75 Å². The smallest absolute Gasteiger partial charge is 0.341 e. The maximum absolute atomic E-state index is 13.9. The van der Waals surface area contributed by atoms with Crippen molar-refractivity contribution in [2.24, 2.45) is 0 Å². The molecule has 1 N–H and O–H groups in total. The van der Waals surface area contributed by atoms with Crippen LogP contribution < -0.4 is 10.1 Å². The number of esters is 1. The number of hydrogen-bond acceptors (Lipinski definition) is 4. The van der Waals surface area contributed by atoms with Crippen LogP contribution in [0.3, 0.4) is 0 Å². The Labute approximate surface area is 153 Å². The molecule has 0 aliphatic heterocycles. The zero-order valence-corrected chi connectivity index (χ0v) is 14.8. The first kappa shape index (κ1) is 19.0. The molecule has 1 atom stereocenters. The van der Waals surface area contributed by atoms with Crippen molar-refractivity contribution in [1.29, 1.82) is 0 Å². The Morgan fingerprint density at radius 2 is 1.92 bits per heavy atom. The van der Waals surface area contributed by atoms with Crippen molar-refractivity contribution in [2.45, 2.75) is 13.0 Å². The maximum atomic E-state index is 13.9. The SMILES string of the molecule is COc1ccc(C(=O)O[C@@H](C)C(=O)Nc2cccc(Cl)c2Cl)c(F)c1. The van der Waals surface area contributed by atoms with Crippen molar-refractivity contribution in [3.05, 3.63) is 57.8 Å². The Kier molecular flexibility index (Phi) is 6.22. The fourth-order valence-electron chi connectivity index (χ4n) is 1.90. The van der Waals surface area contributed by atoms with Crippen LogP contribution in [0.4, 0.5) is 10.1 Å². The Morgan fingerprint density at radius 3 is 2.56 bits per heavy atom. The average Bonchev–Trinajstić information content (AvgIpc) is 2.58. The lowest BCUT2D eigenvalue weighted by atomic mass is 10.2. The molecule has 0 heterocycles. The van der Waals surface area contributed by atoms with Crippen molar-refractivity contribution >= 4 is 40.8 Å². The van der Waals surface area contributed by atoms with Crippen LogP contribution in [0.5, 0.6) is 5.75 Å². The summed E-state index contributed by atoms with van der Waals surface area (Å²) in [6.45, 7) is 1.35. The van der Waals surface area contributed by atoms with Gasteiger partial charge in [-0.1, -0.05) is 29.3 Å². The highest BCUT2D eigenvalue weighted by atomic mass is 35.5. The van der Waals surface area contributed by atoms with Gasteiger partial charge in [-0.2, -0.15) is 0 Å². The molecule has 0 bridgehead atoms. The summed E-state index contributed by atoms with van der Waals surface area (Å²) in [5.41, 5.74) is -0.0288. The van der Waals surface area contributed by atoms with Crippen LogP contribution in [-0.4, -0.2) is 25.1 Å². The zero-order chi connectivity index (χ0) is 18.6. The highest BCUT2D eigenvalue weighted by Crippen LogP contribution is 2.29. The predicted molar refractivity (Wildman–Crippen MR) is 92.9 cm³/mol. The molecule has 0 radical (unpaired) electrons. The lowest BCUT2D eigenvalue weighted by Gasteiger charge is -2.15. The number of rotatable bonds is 5. The summed E-state index contributed by atoms with van der Waals surface area (Å²) < 4.78 is 23.7. The predicted octanol–water partition coefficient (Wildman–Crippen LogP) is 4.33. The van der Waals surface area contributed by atoms with Gasteiger partial charge in [-0.05, 0) is 31.2 Å². The molecule has 0 aromatic heterocycles. The van der Waals surface area contributed by atoms with E-state index >= 15 is 0 Å². The van der Waals surface area contributed by atoms with Crippen molar-refractivity contribution in [3.63, 3.8) is 0 Å². The van der Waals surface area contributed by atoms with Crippen molar-refractivity contribution in [2.75, 3.05) is 12.4 Å². The van der Waals surface area contributed by atoms with Gasteiger partial charge in [-0.3, -0.25) is 4.79 Å². The molecule has 0 saturated carbocycles. The monoisotopic (exact) mass is 385 g/mol. The van der Waals surface area contributed by atoms with Crippen LogP contribution in [0.1, 0.15) is 17.3 Å². The number of carbonyl (C=O) groups is 2. The lowest BCUT2D eigenvalue weighted by Crippen LogP contribution is -2.30. The molecule has 2 aromatic rings. The van der Waals surface area contributed by atoms with Gasteiger partial charge in [-0.25, -0.2) is 9.18 Å². The summed E-state index contributed by atoms with van der Waals surface area (Å²) in [4.78, 5) is 24.1. The third-order valence-corrected chi connectivity index (χ3v) is 4.08. The number of carbonyl (C=O) groups excluding carboxylic acids is 2. The van der Waals surface area contributed by atoms with Crippen LogP contribution >= 0.6 is 23.2 Å². The van der Waals surface area contributed by atoms with Gasteiger partial charge in [-0.15, -0.1) is 0 Å². The van der Waals surface area contributed by atoms with E-state index in [9.17, 15) is 14.0 Å². The van der Waals surface area contributed by atoms with Gasteiger partial charge < -0.3 is 14.8 Å². The lowest BCUT2D eigenvalue weighted by molar-refractivity contribution is -0.123. The normalized spacial score (nSPS) is 11.6. The van der Waals surface area contributed by atoms with Gasteiger partial charge >= 0.3 is 5.97 Å². The number of ether oxygens (including phenoxy) is 2. The first-order chi connectivity index (χ1) is 11.8. The van der Waals surface area contributed by atoms with E-state index in [2.05, 4.69) is 5.32 Å². The highest BCUT2D eigenvalue weighted by Gasteiger charge is 2.22. The zero-order valence-electron chi connectivity index (χ0n) is 13.3. The third-order valence-electron chi connectivity index (χ3n) is 3.26. The highest BCUT2D eigenvalue weighted by molar-refractivity contribution is 6.44. The van der Waals surface area contributed by atoms with E-state index in [0.717, 1.165) is 6.07 Å². The Balaban J connectivity index is 2.05. The minimum Gasteiger partial charge on any atom is -0.497 e. The molecule has 0 unspecified atom stereocenters. The van der Waals surface area contributed by atoms with Gasteiger partial charge in [0.2, 0.25) is 0 Å². The maximum Gasteiger partial charge on any atom is 0.341 e. The summed E-state index contributed by atoms with van der Waals surface area (Å²) in [6, 6.07) is 8.39. The molecule has 2 aromatic carbocycles. The molecule has 25 heavy (non-hydrogen) atoms. The average molecular weight is 386 g/mol. The van der Waals surface area contributed by atoms with E-state index < -0.39 is 23.8 Å². The number of amides is 1.